The smallest absolute Gasteiger partial charge is 0.491 e. The molecule has 1 aliphatic carbocycles. The maximum absolute atomic E-state index is 6.37. The third kappa shape index (κ3) is 3.50. The monoisotopic (exact) mass is 330 g/mol. The Morgan fingerprint density at radius 3 is 2.25 bits per heavy atom. The van der Waals surface area contributed by atoms with Crippen molar-refractivity contribution in [3.63, 3.8) is 0 Å². The first-order valence-corrected chi connectivity index (χ1v) is 9.47. The Bertz CT molecular complexity index is 560. The summed E-state index contributed by atoms with van der Waals surface area (Å²) in [7, 11) is -0.361. The van der Waals surface area contributed by atoms with Crippen molar-refractivity contribution in [3.8, 4) is 5.75 Å². The second kappa shape index (κ2) is 6.72. The molecule has 2 fully saturated rings. The highest BCUT2D eigenvalue weighted by atomic mass is 16.7. The SMILES string of the molecule is CCc1ccc(OC2CCCCC2)c(B2OC(C)(C)C(C)(C)O2)c1. The lowest BCUT2D eigenvalue weighted by Crippen LogP contribution is -2.41. The molecule has 24 heavy (non-hydrogen) atoms. The first-order valence-electron chi connectivity index (χ1n) is 9.47. The molecule has 4 heteroatoms. The van der Waals surface area contributed by atoms with Gasteiger partial charge in [-0.15, -0.1) is 0 Å². The van der Waals surface area contributed by atoms with Crippen molar-refractivity contribution >= 4 is 12.6 Å². The van der Waals surface area contributed by atoms with E-state index in [1.165, 1.54) is 24.8 Å². The molecule has 0 atom stereocenters. The van der Waals surface area contributed by atoms with E-state index in [0.717, 1.165) is 30.5 Å². The number of ether oxygens (including phenoxy) is 1. The summed E-state index contributed by atoms with van der Waals surface area (Å²) in [6.45, 7) is 10.6. The number of aryl methyl sites for hydroxylation is 1. The normalized spacial score (nSPS) is 23.5. The average Bonchev–Trinajstić information content (AvgIpc) is 2.76. The standard InChI is InChI=1S/C20H31BO3/c1-6-15-12-13-18(22-16-10-8-7-9-11-16)17(14-15)21-23-19(2,3)20(4,5)24-21/h12-14,16H,6-11H2,1-5H3. The predicted octanol–water partition coefficient (Wildman–Crippen LogP) is 4.26. The van der Waals surface area contributed by atoms with E-state index >= 15 is 0 Å². The van der Waals surface area contributed by atoms with E-state index in [-0.39, 0.29) is 18.3 Å². The minimum Gasteiger partial charge on any atom is -0.491 e. The molecule has 132 valence electrons. The molecule has 0 bridgehead atoms. The number of hydrogen-bond acceptors (Lipinski definition) is 3. The van der Waals surface area contributed by atoms with Crippen molar-refractivity contribution in [2.45, 2.75) is 90.4 Å². The summed E-state index contributed by atoms with van der Waals surface area (Å²) in [5, 5.41) is 0. The lowest BCUT2D eigenvalue weighted by molar-refractivity contribution is 0.00578. The first-order chi connectivity index (χ1) is 11.3. The molecule has 1 aromatic rings. The highest BCUT2D eigenvalue weighted by molar-refractivity contribution is 6.63. The van der Waals surface area contributed by atoms with Crippen LogP contribution >= 0.6 is 0 Å². The maximum Gasteiger partial charge on any atom is 0.498 e. The molecule has 1 aliphatic heterocycles. The molecule has 2 aliphatic rings. The Kier molecular flexibility index (Phi) is 4.99. The van der Waals surface area contributed by atoms with E-state index in [1.807, 2.05) is 0 Å². The zero-order valence-corrected chi connectivity index (χ0v) is 15.9. The minimum atomic E-state index is -0.361. The topological polar surface area (TPSA) is 27.7 Å². The lowest BCUT2D eigenvalue weighted by Gasteiger charge is -2.32. The summed E-state index contributed by atoms with van der Waals surface area (Å²) >= 11 is 0. The Hall–Kier alpha value is -0.995. The summed E-state index contributed by atoms with van der Waals surface area (Å²) in [6.07, 6.45) is 7.49. The molecule has 0 aromatic heterocycles. The van der Waals surface area contributed by atoms with Crippen LogP contribution in [0.4, 0.5) is 0 Å². The van der Waals surface area contributed by atoms with Crippen molar-refractivity contribution < 1.29 is 14.0 Å². The minimum absolute atomic E-state index is 0.326. The van der Waals surface area contributed by atoms with Crippen LogP contribution in [0.5, 0.6) is 5.75 Å². The molecular weight excluding hydrogens is 299 g/mol. The Labute approximate surface area is 147 Å². The number of hydrogen-bond donors (Lipinski definition) is 0. The van der Waals surface area contributed by atoms with Gasteiger partial charge in [0.2, 0.25) is 0 Å². The predicted molar refractivity (Wildman–Crippen MR) is 99.0 cm³/mol. The fraction of sp³-hybridized carbons (Fsp3) is 0.700. The average molecular weight is 330 g/mol. The molecule has 3 nitrogen and oxygen atoms in total. The zero-order chi connectivity index (χ0) is 17.4. The van der Waals surface area contributed by atoms with E-state index < -0.39 is 0 Å². The van der Waals surface area contributed by atoms with E-state index in [2.05, 4.69) is 52.8 Å². The van der Waals surface area contributed by atoms with Gasteiger partial charge in [0, 0.05) is 5.46 Å². The summed E-state index contributed by atoms with van der Waals surface area (Å²) < 4.78 is 18.9. The van der Waals surface area contributed by atoms with Crippen LogP contribution in [0.2, 0.25) is 0 Å². The summed E-state index contributed by atoms with van der Waals surface area (Å²) in [6, 6.07) is 6.46. The molecule has 1 saturated carbocycles. The maximum atomic E-state index is 6.37. The van der Waals surface area contributed by atoms with E-state index in [0.29, 0.717) is 6.10 Å². The Morgan fingerprint density at radius 2 is 1.67 bits per heavy atom. The van der Waals surface area contributed by atoms with Gasteiger partial charge in [0.05, 0.1) is 17.3 Å². The van der Waals surface area contributed by atoms with Gasteiger partial charge >= 0.3 is 7.12 Å². The molecule has 0 unspecified atom stereocenters. The summed E-state index contributed by atoms with van der Waals surface area (Å²) in [4.78, 5) is 0. The van der Waals surface area contributed by atoms with E-state index in [4.69, 9.17) is 14.0 Å². The highest BCUT2D eigenvalue weighted by Crippen LogP contribution is 2.37. The van der Waals surface area contributed by atoms with Crippen LogP contribution in [0.25, 0.3) is 0 Å². The van der Waals surface area contributed by atoms with Crippen molar-refractivity contribution in [1.82, 2.24) is 0 Å². The first kappa shape index (κ1) is 17.8. The van der Waals surface area contributed by atoms with Crippen LogP contribution in [0.3, 0.4) is 0 Å². The molecule has 1 aromatic carbocycles. The van der Waals surface area contributed by atoms with Gasteiger partial charge in [0.1, 0.15) is 5.75 Å². The van der Waals surface area contributed by atoms with Crippen molar-refractivity contribution in [1.29, 1.82) is 0 Å². The van der Waals surface area contributed by atoms with E-state index in [1.54, 1.807) is 0 Å². The second-order valence-electron chi connectivity index (χ2n) is 8.19. The molecule has 0 N–H and O–H groups in total. The molecule has 0 radical (unpaired) electrons. The van der Waals surface area contributed by atoms with Gasteiger partial charge in [-0.2, -0.15) is 0 Å². The van der Waals surface area contributed by atoms with Crippen LogP contribution in [0, 0.1) is 0 Å². The van der Waals surface area contributed by atoms with Gasteiger partial charge in [-0.3, -0.25) is 0 Å². The fourth-order valence-corrected chi connectivity index (χ4v) is 3.44. The molecule has 1 heterocycles. The van der Waals surface area contributed by atoms with Gasteiger partial charge in [-0.25, -0.2) is 0 Å². The second-order valence-corrected chi connectivity index (χ2v) is 8.19. The van der Waals surface area contributed by atoms with Crippen molar-refractivity contribution in [2.75, 3.05) is 0 Å². The van der Waals surface area contributed by atoms with Crippen LogP contribution < -0.4 is 10.2 Å². The van der Waals surface area contributed by atoms with E-state index in [9.17, 15) is 0 Å². The highest BCUT2D eigenvalue weighted by Gasteiger charge is 2.52. The van der Waals surface area contributed by atoms with Crippen molar-refractivity contribution in [2.24, 2.45) is 0 Å². The van der Waals surface area contributed by atoms with Crippen LogP contribution in [-0.4, -0.2) is 24.4 Å². The van der Waals surface area contributed by atoms with Gasteiger partial charge in [-0.05, 0) is 71.4 Å². The van der Waals surface area contributed by atoms with Gasteiger partial charge < -0.3 is 14.0 Å². The third-order valence-electron chi connectivity index (χ3n) is 5.84. The van der Waals surface area contributed by atoms with Crippen LogP contribution in [0.1, 0.15) is 72.3 Å². The molecule has 0 spiro atoms. The van der Waals surface area contributed by atoms with Crippen LogP contribution in [0.15, 0.2) is 18.2 Å². The number of rotatable bonds is 4. The van der Waals surface area contributed by atoms with Crippen LogP contribution in [-0.2, 0) is 15.7 Å². The van der Waals surface area contributed by atoms with Gasteiger partial charge in [0.15, 0.2) is 0 Å². The Morgan fingerprint density at radius 1 is 1.04 bits per heavy atom. The number of benzene rings is 1. The third-order valence-corrected chi connectivity index (χ3v) is 5.84. The molecule has 3 rings (SSSR count). The van der Waals surface area contributed by atoms with Gasteiger partial charge in [0.25, 0.3) is 0 Å². The quantitative estimate of drug-likeness (QED) is 0.772. The fourth-order valence-electron chi connectivity index (χ4n) is 3.44. The molecular formula is C20H31BO3. The summed E-state index contributed by atoms with van der Waals surface area (Å²) in [5.74, 6) is 0.928. The lowest BCUT2D eigenvalue weighted by atomic mass is 9.77. The Balaban J connectivity index is 1.87. The zero-order valence-electron chi connectivity index (χ0n) is 15.9. The largest absolute Gasteiger partial charge is 0.498 e. The molecule has 1 saturated heterocycles. The molecule has 0 amide bonds. The summed E-state index contributed by atoms with van der Waals surface area (Å²) in [5.41, 5.74) is 1.67. The van der Waals surface area contributed by atoms with Gasteiger partial charge in [-0.1, -0.05) is 25.5 Å². The van der Waals surface area contributed by atoms with Crippen molar-refractivity contribution in [3.05, 3.63) is 23.8 Å².